The van der Waals surface area contributed by atoms with Crippen LogP contribution in [0.1, 0.15) is 18.4 Å². The van der Waals surface area contributed by atoms with E-state index in [9.17, 15) is 12.8 Å². The molecule has 1 saturated heterocycles. The normalized spacial score (nSPS) is 16.5. The first-order chi connectivity index (χ1) is 12.4. The molecule has 0 aromatic heterocycles. The molecule has 0 radical (unpaired) electrons. The zero-order chi connectivity index (χ0) is 18.6. The van der Waals surface area contributed by atoms with Crippen molar-refractivity contribution in [3.63, 3.8) is 0 Å². The van der Waals surface area contributed by atoms with Gasteiger partial charge in [0.05, 0.1) is 10.2 Å². The van der Waals surface area contributed by atoms with Gasteiger partial charge in [0.2, 0.25) is 10.0 Å². The van der Waals surface area contributed by atoms with Crippen LogP contribution in [0.4, 0.5) is 4.39 Å². The van der Waals surface area contributed by atoms with Gasteiger partial charge in [0.25, 0.3) is 0 Å². The Hall–Kier alpha value is -1.44. The maximum atomic E-state index is 13.1. The minimum absolute atomic E-state index is 0.0719. The van der Waals surface area contributed by atoms with Crippen LogP contribution < -0.4 is 4.74 Å². The molecule has 140 valence electrons. The molecule has 0 amide bonds. The summed E-state index contributed by atoms with van der Waals surface area (Å²) in [5.74, 6) is 0.367. The maximum Gasteiger partial charge on any atom is 0.214 e. The van der Waals surface area contributed by atoms with Gasteiger partial charge in [-0.15, -0.1) is 0 Å². The predicted octanol–water partition coefficient (Wildman–Crippen LogP) is 4.00. The fourth-order valence-electron chi connectivity index (χ4n) is 3.00. The van der Waals surface area contributed by atoms with Crippen molar-refractivity contribution in [1.29, 1.82) is 0 Å². The van der Waals surface area contributed by atoms with Crippen LogP contribution in [0.2, 0.25) is 0 Å². The highest BCUT2D eigenvalue weighted by atomic mass is 79.9. The lowest BCUT2D eigenvalue weighted by Crippen LogP contribution is -2.43. The molecule has 1 aliphatic heterocycles. The Morgan fingerprint density at radius 2 is 1.81 bits per heavy atom. The summed E-state index contributed by atoms with van der Waals surface area (Å²) in [6, 6.07) is 13.9. The topological polar surface area (TPSA) is 46.6 Å². The third-order valence-electron chi connectivity index (χ3n) is 4.47. The van der Waals surface area contributed by atoms with E-state index in [0.717, 1.165) is 5.56 Å². The number of hydrogen-bond acceptors (Lipinski definition) is 3. The summed E-state index contributed by atoms with van der Waals surface area (Å²) in [5, 5.41) is 0. The van der Waals surface area contributed by atoms with E-state index in [1.54, 1.807) is 10.4 Å². The minimum atomic E-state index is -3.27. The number of aryl methyl sites for hydroxylation is 1. The zero-order valence-electron chi connectivity index (χ0n) is 14.3. The van der Waals surface area contributed by atoms with Crippen LogP contribution in [0.25, 0.3) is 0 Å². The molecule has 0 atom stereocenters. The Morgan fingerprint density at radius 1 is 1.12 bits per heavy atom. The van der Waals surface area contributed by atoms with Gasteiger partial charge in [0.1, 0.15) is 17.7 Å². The van der Waals surface area contributed by atoms with Gasteiger partial charge in [-0.2, -0.15) is 0 Å². The van der Waals surface area contributed by atoms with E-state index in [0.29, 0.717) is 42.6 Å². The van der Waals surface area contributed by atoms with E-state index in [1.165, 1.54) is 12.1 Å². The minimum Gasteiger partial charge on any atom is -0.489 e. The summed E-state index contributed by atoms with van der Waals surface area (Å²) < 4.78 is 46.3. The van der Waals surface area contributed by atoms with Crippen molar-refractivity contribution in [1.82, 2.24) is 4.31 Å². The second-order valence-electron chi connectivity index (χ2n) is 6.34. The van der Waals surface area contributed by atoms with Crippen LogP contribution in [-0.2, 0) is 16.4 Å². The second-order valence-corrected chi connectivity index (χ2v) is 9.29. The first-order valence-electron chi connectivity index (χ1n) is 8.57. The lowest BCUT2D eigenvalue weighted by Gasteiger charge is -2.31. The number of nitrogens with zero attached hydrogens (tertiary/aromatic N) is 1. The third-order valence-corrected chi connectivity index (χ3v) is 6.97. The molecular weight excluding hydrogens is 421 g/mol. The average Bonchev–Trinajstić information content (AvgIpc) is 2.64. The van der Waals surface area contributed by atoms with Gasteiger partial charge in [0.15, 0.2) is 0 Å². The van der Waals surface area contributed by atoms with Crippen LogP contribution in [0, 0.1) is 5.82 Å². The average molecular weight is 442 g/mol. The standard InChI is InChI=1S/C19H21BrFNO3S/c20-18-14-16(21)6-7-19(18)25-17-8-11-22(12-9-17)26(23,24)13-10-15-4-2-1-3-5-15/h1-7,14,17H,8-13H2. The van der Waals surface area contributed by atoms with Crippen molar-refractivity contribution in [2.45, 2.75) is 25.4 Å². The van der Waals surface area contributed by atoms with E-state index in [-0.39, 0.29) is 17.7 Å². The van der Waals surface area contributed by atoms with E-state index in [2.05, 4.69) is 15.9 Å². The Balaban J connectivity index is 1.52. The molecule has 0 aliphatic carbocycles. The SMILES string of the molecule is O=S(=O)(CCc1ccccc1)N1CCC(Oc2ccc(F)cc2Br)CC1. The summed E-state index contributed by atoms with van der Waals surface area (Å²) in [6.07, 6.45) is 1.68. The molecule has 0 N–H and O–H groups in total. The van der Waals surface area contributed by atoms with Gasteiger partial charge in [-0.3, -0.25) is 0 Å². The van der Waals surface area contributed by atoms with Gasteiger partial charge in [-0.1, -0.05) is 30.3 Å². The predicted molar refractivity (Wildman–Crippen MR) is 103 cm³/mol. The number of benzene rings is 2. The van der Waals surface area contributed by atoms with Crippen molar-refractivity contribution < 1.29 is 17.5 Å². The number of piperidine rings is 1. The number of hydrogen-bond donors (Lipinski definition) is 0. The molecule has 0 bridgehead atoms. The van der Waals surface area contributed by atoms with E-state index < -0.39 is 10.0 Å². The number of ether oxygens (including phenoxy) is 1. The van der Waals surface area contributed by atoms with Crippen LogP contribution in [0.15, 0.2) is 53.0 Å². The first kappa shape index (κ1) is 19.3. The maximum absolute atomic E-state index is 13.1. The molecular formula is C19H21BrFNO3S. The summed E-state index contributed by atoms with van der Waals surface area (Å²) in [5.41, 5.74) is 1.02. The quantitative estimate of drug-likeness (QED) is 0.680. The van der Waals surface area contributed by atoms with Crippen LogP contribution in [-0.4, -0.2) is 37.7 Å². The van der Waals surface area contributed by atoms with Gasteiger partial charge in [0, 0.05) is 13.1 Å². The summed E-state index contributed by atoms with van der Waals surface area (Å²) in [6.45, 7) is 0.890. The summed E-state index contributed by atoms with van der Waals surface area (Å²) in [4.78, 5) is 0. The third kappa shape index (κ3) is 5.05. The highest BCUT2D eigenvalue weighted by Crippen LogP contribution is 2.28. The molecule has 1 aliphatic rings. The number of halogens is 2. The Bertz CT molecular complexity index is 837. The Morgan fingerprint density at radius 3 is 2.46 bits per heavy atom. The Labute approximate surface area is 162 Å². The number of sulfonamides is 1. The fourth-order valence-corrected chi connectivity index (χ4v) is 4.96. The van der Waals surface area contributed by atoms with Crippen LogP contribution in [0.5, 0.6) is 5.75 Å². The molecule has 2 aromatic carbocycles. The molecule has 4 nitrogen and oxygen atoms in total. The Kier molecular flexibility index (Phi) is 6.32. The van der Waals surface area contributed by atoms with E-state index >= 15 is 0 Å². The lowest BCUT2D eigenvalue weighted by molar-refractivity contribution is 0.134. The highest BCUT2D eigenvalue weighted by molar-refractivity contribution is 9.10. The monoisotopic (exact) mass is 441 g/mol. The van der Waals surface area contributed by atoms with Crippen molar-refractivity contribution >= 4 is 26.0 Å². The lowest BCUT2D eigenvalue weighted by atomic mass is 10.1. The van der Waals surface area contributed by atoms with Gasteiger partial charge in [-0.25, -0.2) is 17.1 Å². The summed E-state index contributed by atoms with van der Waals surface area (Å²) >= 11 is 3.29. The van der Waals surface area contributed by atoms with E-state index in [4.69, 9.17) is 4.74 Å². The summed E-state index contributed by atoms with van der Waals surface area (Å²) in [7, 11) is -3.27. The van der Waals surface area contributed by atoms with Crippen molar-refractivity contribution in [2.24, 2.45) is 0 Å². The van der Waals surface area contributed by atoms with Gasteiger partial charge >= 0.3 is 0 Å². The van der Waals surface area contributed by atoms with Gasteiger partial charge < -0.3 is 4.74 Å². The number of rotatable bonds is 6. The smallest absolute Gasteiger partial charge is 0.214 e. The molecule has 26 heavy (non-hydrogen) atoms. The highest BCUT2D eigenvalue weighted by Gasteiger charge is 2.28. The van der Waals surface area contributed by atoms with Gasteiger partial charge in [-0.05, 0) is 59.0 Å². The van der Waals surface area contributed by atoms with E-state index in [1.807, 2.05) is 30.3 Å². The molecule has 0 unspecified atom stereocenters. The molecule has 7 heteroatoms. The molecule has 0 spiro atoms. The van der Waals surface area contributed by atoms with Crippen molar-refractivity contribution in [3.05, 3.63) is 64.4 Å². The first-order valence-corrected chi connectivity index (χ1v) is 11.0. The molecule has 1 heterocycles. The van der Waals surface area contributed by atoms with Crippen LogP contribution in [0.3, 0.4) is 0 Å². The largest absolute Gasteiger partial charge is 0.489 e. The fraction of sp³-hybridized carbons (Fsp3) is 0.368. The molecule has 3 rings (SSSR count). The molecule has 1 fully saturated rings. The molecule has 0 saturated carbocycles. The second kappa shape index (κ2) is 8.50. The zero-order valence-corrected chi connectivity index (χ0v) is 16.7. The molecule has 2 aromatic rings. The van der Waals surface area contributed by atoms with Crippen molar-refractivity contribution in [2.75, 3.05) is 18.8 Å². The van der Waals surface area contributed by atoms with Crippen molar-refractivity contribution in [3.8, 4) is 5.75 Å². The van der Waals surface area contributed by atoms with Crippen LogP contribution >= 0.6 is 15.9 Å².